The van der Waals surface area contributed by atoms with E-state index in [4.69, 9.17) is 16.3 Å². The summed E-state index contributed by atoms with van der Waals surface area (Å²) in [6, 6.07) is 14.0. The van der Waals surface area contributed by atoms with Crippen molar-refractivity contribution in [1.29, 1.82) is 0 Å². The summed E-state index contributed by atoms with van der Waals surface area (Å²) < 4.78 is 5.18. The Morgan fingerprint density at radius 2 is 1.89 bits per heavy atom. The molecule has 5 heteroatoms. The molecule has 2 aliphatic heterocycles. The fraction of sp³-hybridized carbons (Fsp3) is 0.0769. The van der Waals surface area contributed by atoms with Gasteiger partial charge in [-0.1, -0.05) is 29.8 Å². The van der Waals surface area contributed by atoms with Crippen LogP contribution in [0.2, 0.25) is 5.02 Å². The molecule has 0 saturated carbocycles. The molecule has 18 heavy (non-hydrogen) atoms. The maximum absolute atomic E-state index is 10.1. The maximum atomic E-state index is 10.1. The van der Waals surface area contributed by atoms with Crippen LogP contribution in [-0.2, 0) is 6.61 Å². The Kier molecular flexibility index (Phi) is 3.79. The second-order valence-corrected chi connectivity index (χ2v) is 4.11. The van der Waals surface area contributed by atoms with Gasteiger partial charge in [0.05, 0.1) is 4.92 Å². The molecule has 0 saturated heterocycles. The predicted octanol–water partition coefficient (Wildman–Crippen LogP) is 3.83. The highest BCUT2D eigenvalue weighted by Gasteiger charge is 2.03. The van der Waals surface area contributed by atoms with E-state index < -0.39 is 4.92 Å². The van der Waals surface area contributed by atoms with E-state index in [0.29, 0.717) is 5.02 Å². The average molecular weight is 264 g/mol. The highest BCUT2D eigenvalue weighted by atomic mass is 35.5. The van der Waals surface area contributed by atoms with Gasteiger partial charge in [0, 0.05) is 17.2 Å². The fourth-order valence-corrected chi connectivity index (χ4v) is 1.62. The van der Waals surface area contributed by atoms with E-state index in [-0.39, 0.29) is 5.69 Å². The molecule has 2 heterocycles. The Labute approximate surface area is 109 Å². The Morgan fingerprint density at radius 1 is 1.17 bits per heavy atom. The summed E-state index contributed by atoms with van der Waals surface area (Å²) in [5, 5.41) is 10.5. The minimum absolute atomic E-state index is 0.0208. The zero-order valence-electron chi connectivity index (χ0n) is 9.38. The van der Waals surface area contributed by atoms with Crippen LogP contribution in [0.5, 0.6) is 5.75 Å². The fourth-order valence-electron chi connectivity index (χ4n) is 1.44. The molecule has 0 fully saturated rings. The summed E-state index contributed by atoms with van der Waals surface area (Å²) in [5.41, 5.74) is 1.28. The van der Waals surface area contributed by atoms with Crippen LogP contribution in [0.3, 0.4) is 0 Å². The van der Waals surface area contributed by atoms with E-state index in [1.807, 2.05) is 12.1 Å². The van der Waals surface area contributed by atoms with Crippen molar-refractivity contribution in [2.45, 2.75) is 6.61 Å². The second-order valence-electron chi connectivity index (χ2n) is 3.67. The molecule has 0 spiro atoms. The highest BCUT2D eigenvalue weighted by molar-refractivity contribution is 6.30. The van der Waals surface area contributed by atoms with Gasteiger partial charge in [-0.05, 0) is 23.8 Å². The number of nitrogens with zero attached hydrogens (tertiary/aromatic N) is 1. The van der Waals surface area contributed by atoms with Gasteiger partial charge in [-0.2, -0.15) is 0 Å². The van der Waals surface area contributed by atoms with E-state index in [1.54, 1.807) is 12.1 Å². The van der Waals surface area contributed by atoms with Gasteiger partial charge < -0.3 is 4.74 Å². The lowest BCUT2D eigenvalue weighted by atomic mass is 10.2. The van der Waals surface area contributed by atoms with E-state index in [0.717, 1.165) is 12.4 Å². The molecule has 92 valence electrons. The van der Waals surface area contributed by atoms with Crippen molar-refractivity contribution in [2.24, 2.45) is 0 Å². The van der Waals surface area contributed by atoms with Gasteiger partial charge in [-0.15, -0.1) is 0 Å². The number of nitro groups is 1. The highest BCUT2D eigenvalue weighted by Crippen LogP contribution is 2.19. The number of fused-ring (bicyclic) bond motifs is 3. The Hall–Kier alpha value is -2.07. The number of hydrogen-bond donors (Lipinski definition) is 0. The van der Waals surface area contributed by atoms with Crippen LogP contribution in [0.25, 0.3) is 0 Å². The molecule has 4 rings (SSSR count). The van der Waals surface area contributed by atoms with E-state index in [9.17, 15) is 10.1 Å². The van der Waals surface area contributed by atoms with Crippen LogP contribution in [0.15, 0.2) is 48.5 Å². The van der Waals surface area contributed by atoms with Crippen molar-refractivity contribution < 1.29 is 9.66 Å². The standard InChI is InChI=1S/C7H6O.C6H4ClNO2/c1-3-7-4-2-6(1)5-8-7;7-5-2-1-3-6(4-5)8(9)10/h1-4H,5H2;1-4H. The van der Waals surface area contributed by atoms with Crippen LogP contribution >= 0.6 is 11.6 Å². The van der Waals surface area contributed by atoms with Gasteiger partial charge in [0.2, 0.25) is 0 Å². The number of rotatable bonds is 1. The first-order chi connectivity index (χ1) is 8.65. The Morgan fingerprint density at radius 3 is 2.17 bits per heavy atom. The molecule has 0 unspecified atom stereocenters. The van der Waals surface area contributed by atoms with Crippen LogP contribution in [0.4, 0.5) is 5.69 Å². The summed E-state index contributed by atoms with van der Waals surface area (Å²) in [5.74, 6) is 0.986. The van der Waals surface area contributed by atoms with E-state index >= 15 is 0 Å². The third kappa shape index (κ3) is 3.21. The third-order valence-electron chi connectivity index (χ3n) is 2.35. The molecular weight excluding hydrogens is 254 g/mol. The number of ether oxygens (including phenoxy) is 1. The number of hydrogen-bond acceptors (Lipinski definition) is 3. The minimum atomic E-state index is -0.480. The van der Waals surface area contributed by atoms with Crippen LogP contribution in [-0.4, -0.2) is 4.92 Å². The number of benzene rings is 2. The molecule has 0 radical (unpaired) electrons. The normalized spacial score (nSPS) is 11.2. The molecule has 2 aromatic carbocycles. The van der Waals surface area contributed by atoms with E-state index in [1.165, 1.54) is 17.7 Å². The quantitative estimate of drug-likeness (QED) is 0.580. The lowest BCUT2D eigenvalue weighted by Crippen LogP contribution is -2.00. The van der Waals surface area contributed by atoms with Crippen LogP contribution < -0.4 is 4.74 Å². The van der Waals surface area contributed by atoms with E-state index in [2.05, 4.69) is 12.1 Å². The molecule has 2 bridgehead atoms. The zero-order chi connectivity index (χ0) is 13.0. The van der Waals surface area contributed by atoms with Crippen molar-refractivity contribution in [3.05, 3.63) is 69.2 Å². The lowest BCUT2D eigenvalue weighted by Gasteiger charge is -2.11. The van der Waals surface area contributed by atoms with Gasteiger partial charge in [-0.3, -0.25) is 10.1 Å². The van der Waals surface area contributed by atoms with Crippen molar-refractivity contribution in [2.75, 3.05) is 0 Å². The first-order valence-corrected chi connectivity index (χ1v) is 5.64. The molecule has 0 N–H and O–H groups in total. The van der Waals surface area contributed by atoms with Gasteiger partial charge >= 0.3 is 0 Å². The first-order valence-electron chi connectivity index (χ1n) is 5.27. The third-order valence-corrected chi connectivity index (χ3v) is 2.58. The molecule has 4 nitrogen and oxygen atoms in total. The summed E-state index contributed by atoms with van der Waals surface area (Å²) in [6.07, 6.45) is 0. The molecular formula is C13H10ClNO3. The monoisotopic (exact) mass is 263 g/mol. The number of nitro benzene ring substituents is 1. The SMILES string of the molecule is O=[N+]([O-])c1cccc(Cl)c1.c1cc2ccc1CO2. The Bertz CT molecular complexity index is 531. The van der Waals surface area contributed by atoms with Crippen molar-refractivity contribution in [3.63, 3.8) is 0 Å². The zero-order valence-corrected chi connectivity index (χ0v) is 10.1. The average Bonchev–Trinajstić information content (AvgIpc) is 2.41. The summed E-state index contributed by atoms with van der Waals surface area (Å²) in [6.45, 7) is 0.766. The molecule has 0 aromatic heterocycles. The van der Waals surface area contributed by atoms with Crippen molar-refractivity contribution in [1.82, 2.24) is 0 Å². The predicted molar refractivity (Wildman–Crippen MR) is 68.9 cm³/mol. The molecule has 0 atom stereocenters. The van der Waals surface area contributed by atoms with Crippen LogP contribution in [0, 0.1) is 10.1 Å². The maximum Gasteiger partial charge on any atom is 0.270 e. The number of non-ortho nitro benzene ring substituents is 1. The number of halogens is 1. The lowest BCUT2D eigenvalue weighted by molar-refractivity contribution is -0.384. The molecule has 2 aliphatic rings. The summed E-state index contributed by atoms with van der Waals surface area (Å²) >= 11 is 5.48. The summed E-state index contributed by atoms with van der Waals surface area (Å²) in [4.78, 5) is 9.62. The molecule has 0 aliphatic carbocycles. The van der Waals surface area contributed by atoms with Crippen molar-refractivity contribution in [3.8, 4) is 5.75 Å². The Balaban J connectivity index is 0.000000136. The summed E-state index contributed by atoms with van der Waals surface area (Å²) in [7, 11) is 0. The second kappa shape index (κ2) is 5.51. The molecule has 2 aromatic rings. The van der Waals surface area contributed by atoms with Crippen molar-refractivity contribution >= 4 is 17.3 Å². The topological polar surface area (TPSA) is 52.4 Å². The molecule has 0 amide bonds. The largest absolute Gasteiger partial charge is 0.489 e. The first kappa shape index (κ1) is 12.4. The van der Waals surface area contributed by atoms with Gasteiger partial charge in [0.25, 0.3) is 5.69 Å². The van der Waals surface area contributed by atoms with Gasteiger partial charge in [-0.25, -0.2) is 0 Å². The van der Waals surface area contributed by atoms with Gasteiger partial charge in [0.15, 0.2) is 0 Å². The smallest absolute Gasteiger partial charge is 0.270 e. The van der Waals surface area contributed by atoms with Gasteiger partial charge in [0.1, 0.15) is 12.4 Å². The minimum Gasteiger partial charge on any atom is -0.489 e. The van der Waals surface area contributed by atoms with Crippen LogP contribution in [0.1, 0.15) is 5.56 Å².